The van der Waals surface area contributed by atoms with E-state index in [1.807, 2.05) is 0 Å². The molecular formula is C10H10Cl2N2O3. The maximum absolute atomic E-state index is 11.7. The Morgan fingerprint density at radius 3 is 2.47 bits per heavy atom. The highest BCUT2D eigenvalue weighted by Gasteiger charge is 2.29. The summed E-state index contributed by atoms with van der Waals surface area (Å²) in [5.74, 6) is -1.72. The number of pyridine rings is 1. The number of nitrogens with one attached hydrogen (secondary N) is 1. The van der Waals surface area contributed by atoms with Gasteiger partial charge in [-0.3, -0.25) is 4.79 Å². The summed E-state index contributed by atoms with van der Waals surface area (Å²) in [6, 6.07) is 1.32. The average Bonchev–Trinajstić information content (AvgIpc) is 2.21. The van der Waals surface area contributed by atoms with E-state index in [9.17, 15) is 9.59 Å². The number of halogens is 2. The zero-order valence-corrected chi connectivity index (χ0v) is 10.6. The Morgan fingerprint density at radius 1 is 1.41 bits per heavy atom. The van der Waals surface area contributed by atoms with Crippen LogP contribution in [0.25, 0.3) is 0 Å². The van der Waals surface area contributed by atoms with Crippen molar-refractivity contribution >= 4 is 35.1 Å². The third kappa shape index (κ3) is 3.31. The minimum atomic E-state index is -1.37. The number of rotatable bonds is 3. The Kier molecular flexibility index (Phi) is 3.95. The Morgan fingerprint density at radius 2 is 2.00 bits per heavy atom. The highest BCUT2D eigenvalue weighted by molar-refractivity contribution is 6.41. The molecule has 1 aromatic rings. The third-order valence-corrected chi connectivity index (χ3v) is 2.71. The summed E-state index contributed by atoms with van der Waals surface area (Å²) in [5, 5.41) is 11.4. The van der Waals surface area contributed by atoms with E-state index in [0.29, 0.717) is 0 Å². The van der Waals surface area contributed by atoms with Gasteiger partial charge in [0.1, 0.15) is 10.7 Å². The van der Waals surface area contributed by atoms with Gasteiger partial charge in [-0.15, -0.1) is 0 Å². The molecule has 0 spiro atoms. The molecule has 0 bridgehead atoms. The first-order valence-electron chi connectivity index (χ1n) is 4.61. The molecule has 0 fully saturated rings. The van der Waals surface area contributed by atoms with E-state index in [2.05, 4.69) is 10.3 Å². The van der Waals surface area contributed by atoms with Crippen LogP contribution < -0.4 is 5.32 Å². The van der Waals surface area contributed by atoms with Crippen molar-refractivity contribution in [2.24, 2.45) is 0 Å². The summed E-state index contributed by atoms with van der Waals surface area (Å²) < 4.78 is 0. The Hall–Kier alpha value is -1.33. The van der Waals surface area contributed by atoms with Crippen LogP contribution in [0.1, 0.15) is 24.2 Å². The van der Waals surface area contributed by atoms with Crippen LogP contribution in [0, 0.1) is 0 Å². The molecule has 1 amide bonds. The molecule has 0 radical (unpaired) electrons. The van der Waals surface area contributed by atoms with Crippen molar-refractivity contribution in [3.63, 3.8) is 0 Å². The second-order valence-corrected chi connectivity index (χ2v) is 4.65. The number of hydrogen-bond acceptors (Lipinski definition) is 3. The van der Waals surface area contributed by atoms with Crippen LogP contribution >= 0.6 is 23.2 Å². The molecular weight excluding hydrogens is 267 g/mol. The standard InChI is InChI=1S/C10H10Cl2N2O3/c1-10(2,9(16)17)14-8(15)5-3-6(11)7(12)13-4-5/h3-4H,1-2H3,(H,14,15)(H,16,17). The molecule has 0 aliphatic heterocycles. The molecule has 0 aromatic carbocycles. The molecule has 17 heavy (non-hydrogen) atoms. The number of hydrogen-bond donors (Lipinski definition) is 2. The fourth-order valence-electron chi connectivity index (χ4n) is 0.955. The lowest BCUT2D eigenvalue weighted by Gasteiger charge is -2.20. The summed E-state index contributed by atoms with van der Waals surface area (Å²) in [7, 11) is 0. The van der Waals surface area contributed by atoms with Crippen LogP contribution in [0.2, 0.25) is 10.2 Å². The predicted molar refractivity (Wildman–Crippen MR) is 63.4 cm³/mol. The van der Waals surface area contributed by atoms with E-state index in [1.54, 1.807) is 0 Å². The highest BCUT2D eigenvalue weighted by atomic mass is 35.5. The molecule has 0 atom stereocenters. The van der Waals surface area contributed by atoms with Crippen molar-refractivity contribution < 1.29 is 14.7 Å². The number of aromatic nitrogens is 1. The van der Waals surface area contributed by atoms with Crippen LogP contribution in [0.3, 0.4) is 0 Å². The molecule has 0 aliphatic rings. The van der Waals surface area contributed by atoms with Crippen molar-refractivity contribution in [3.05, 3.63) is 28.0 Å². The maximum atomic E-state index is 11.7. The molecule has 1 aromatic heterocycles. The van der Waals surface area contributed by atoms with Crippen LogP contribution in [-0.2, 0) is 4.79 Å². The fourth-order valence-corrected chi connectivity index (χ4v) is 1.22. The van der Waals surface area contributed by atoms with Crippen LogP contribution in [0.15, 0.2) is 12.3 Å². The van der Waals surface area contributed by atoms with Gasteiger partial charge in [-0.2, -0.15) is 0 Å². The van der Waals surface area contributed by atoms with Gasteiger partial charge in [0.15, 0.2) is 0 Å². The van der Waals surface area contributed by atoms with Crippen molar-refractivity contribution in [2.75, 3.05) is 0 Å². The number of carboxylic acid groups (broad SMARTS) is 1. The Labute approximate surface area is 108 Å². The van der Waals surface area contributed by atoms with Crippen LogP contribution in [0.4, 0.5) is 0 Å². The van der Waals surface area contributed by atoms with E-state index in [-0.39, 0.29) is 15.7 Å². The summed E-state index contributed by atoms with van der Waals surface area (Å²) in [6.07, 6.45) is 1.22. The molecule has 0 unspecified atom stereocenters. The summed E-state index contributed by atoms with van der Waals surface area (Å²) in [4.78, 5) is 26.2. The second kappa shape index (κ2) is 4.89. The minimum absolute atomic E-state index is 0.0840. The molecule has 5 nitrogen and oxygen atoms in total. The second-order valence-electron chi connectivity index (χ2n) is 3.88. The van der Waals surface area contributed by atoms with Crippen molar-refractivity contribution in [3.8, 4) is 0 Å². The molecule has 0 saturated carbocycles. The molecule has 2 N–H and O–H groups in total. The molecule has 92 valence electrons. The third-order valence-electron chi connectivity index (χ3n) is 2.02. The van der Waals surface area contributed by atoms with Crippen LogP contribution in [0.5, 0.6) is 0 Å². The Bertz CT molecular complexity index is 475. The van der Waals surface area contributed by atoms with Gasteiger partial charge in [-0.25, -0.2) is 9.78 Å². The number of amides is 1. The van der Waals surface area contributed by atoms with Gasteiger partial charge in [-0.1, -0.05) is 23.2 Å². The summed E-state index contributed by atoms with van der Waals surface area (Å²) >= 11 is 11.3. The fraction of sp³-hybridized carbons (Fsp3) is 0.300. The minimum Gasteiger partial charge on any atom is -0.480 e. The van der Waals surface area contributed by atoms with Gasteiger partial charge in [0.25, 0.3) is 5.91 Å². The topological polar surface area (TPSA) is 79.3 Å². The SMILES string of the molecule is CC(C)(NC(=O)c1cnc(Cl)c(Cl)c1)C(=O)O. The first-order valence-corrected chi connectivity index (χ1v) is 5.36. The maximum Gasteiger partial charge on any atom is 0.328 e. The normalized spacial score (nSPS) is 11.1. The predicted octanol–water partition coefficient (Wildman–Crippen LogP) is 1.98. The molecule has 1 heterocycles. The largest absolute Gasteiger partial charge is 0.480 e. The highest BCUT2D eigenvalue weighted by Crippen LogP contribution is 2.20. The lowest BCUT2D eigenvalue weighted by Crippen LogP contribution is -2.49. The number of nitrogens with zero attached hydrogens (tertiary/aromatic N) is 1. The smallest absolute Gasteiger partial charge is 0.328 e. The summed E-state index contributed by atoms with van der Waals surface area (Å²) in [5.41, 5.74) is -1.22. The van der Waals surface area contributed by atoms with Gasteiger partial charge in [0.05, 0.1) is 10.6 Å². The first-order chi connectivity index (χ1) is 7.74. The average molecular weight is 277 g/mol. The van der Waals surface area contributed by atoms with E-state index in [1.165, 1.54) is 26.1 Å². The number of carbonyl (C=O) groups is 2. The molecule has 7 heteroatoms. The van der Waals surface area contributed by atoms with Crippen molar-refractivity contribution in [1.29, 1.82) is 0 Å². The van der Waals surface area contributed by atoms with E-state index >= 15 is 0 Å². The molecule has 0 saturated heterocycles. The summed E-state index contributed by atoms with van der Waals surface area (Å²) in [6.45, 7) is 2.75. The van der Waals surface area contributed by atoms with Gasteiger partial charge < -0.3 is 10.4 Å². The van der Waals surface area contributed by atoms with Crippen molar-refractivity contribution in [2.45, 2.75) is 19.4 Å². The van der Waals surface area contributed by atoms with E-state index in [0.717, 1.165) is 0 Å². The number of aliphatic carboxylic acids is 1. The van der Waals surface area contributed by atoms with E-state index < -0.39 is 17.4 Å². The number of carboxylic acids is 1. The number of carbonyl (C=O) groups excluding carboxylic acids is 1. The van der Waals surface area contributed by atoms with Crippen LogP contribution in [-0.4, -0.2) is 27.5 Å². The first kappa shape index (κ1) is 13.7. The molecule has 0 aliphatic carbocycles. The van der Waals surface area contributed by atoms with Gasteiger partial charge in [-0.05, 0) is 19.9 Å². The Balaban J connectivity index is 2.91. The van der Waals surface area contributed by atoms with Gasteiger partial charge in [0, 0.05) is 6.20 Å². The van der Waals surface area contributed by atoms with Crippen molar-refractivity contribution in [1.82, 2.24) is 10.3 Å². The monoisotopic (exact) mass is 276 g/mol. The lowest BCUT2D eigenvalue weighted by molar-refractivity contribution is -0.143. The van der Waals surface area contributed by atoms with Gasteiger partial charge >= 0.3 is 5.97 Å². The van der Waals surface area contributed by atoms with Gasteiger partial charge in [0.2, 0.25) is 0 Å². The zero-order chi connectivity index (χ0) is 13.2. The lowest BCUT2D eigenvalue weighted by atomic mass is 10.1. The van der Waals surface area contributed by atoms with E-state index in [4.69, 9.17) is 28.3 Å². The quantitative estimate of drug-likeness (QED) is 0.828. The zero-order valence-electron chi connectivity index (χ0n) is 9.12. The molecule has 1 rings (SSSR count).